The Hall–Kier alpha value is -1.51. The molecule has 1 aromatic carbocycles. The fourth-order valence-corrected chi connectivity index (χ4v) is 1.30. The van der Waals surface area contributed by atoms with Crippen LogP contribution < -0.4 is 10.1 Å². The SMILES string of the molecule is COc1ccc(NC(C)=NC(C)C)cc1. The lowest BCUT2D eigenvalue weighted by Gasteiger charge is -2.07. The quantitative estimate of drug-likeness (QED) is 0.609. The lowest BCUT2D eigenvalue weighted by Crippen LogP contribution is -2.09. The van der Waals surface area contributed by atoms with E-state index in [-0.39, 0.29) is 0 Å². The van der Waals surface area contributed by atoms with Gasteiger partial charge in [0.1, 0.15) is 5.75 Å². The molecule has 0 spiro atoms. The summed E-state index contributed by atoms with van der Waals surface area (Å²) in [5.41, 5.74) is 1.03. The smallest absolute Gasteiger partial charge is 0.119 e. The minimum atomic E-state index is 0.316. The van der Waals surface area contributed by atoms with Crippen molar-refractivity contribution in [3.63, 3.8) is 0 Å². The summed E-state index contributed by atoms with van der Waals surface area (Å²) in [7, 11) is 1.66. The highest BCUT2D eigenvalue weighted by Crippen LogP contribution is 2.14. The molecule has 15 heavy (non-hydrogen) atoms. The van der Waals surface area contributed by atoms with Gasteiger partial charge in [0.15, 0.2) is 0 Å². The summed E-state index contributed by atoms with van der Waals surface area (Å²) in [4.78, 5) is 4.39. The highest BCUT2D eigenvalue weighted by atomic mass is 16.5. The van der Waals surface area contributed by atoms with Gasteiger partial charge in [-0.05, 0) is 45.0 Å². The van der Waals surface area contributed by atoms with Crippen LogP contribution in [0, 0.1) is 0 Å². The van der Waals surface area contributed by atoms with Gasteiger partial charge in [0.05, 0.1) is 12.9 Å². The monoisotopic (exact) mass is 206 g/mol. The molecule has 0 aromatic heterocycles. The van der Waals surface area contributed by atoms with Gasteiger partial charge in [-0.1, -0.05) is 0 Å². The van der Waals surface area contributed by atoms with Gasteiger partial charge in [0.2, 0.25) is 0 Å². The Morgan fingerprint density at radius 3 is 2.33 bits per heavy atom. The number of methoxy groups -OCH3 is 1. The molecule has 0 fully saturated rings. The van der Waals surface area contributed by atoms with Gasteiger partial charge < -0.3 is 10.1 Å². The van der Waals surface area contributed by atoms with Gasteiger partial charge in [-0.25, -0.2) is 0 Å². The Kier molecular flexibility index (Phi) is 4.16. The zero-order chi connectivity index (χ0) is 11.3. The van der Waals surface area contributed by atoms with Gasteiger partial charge in [-0.3, -0.25) is 4.99 Å². The number of amidine groups is 1. The Morgan fingerprint density at radius 1 is 1.27 bits per heavy atom. The number of ether oxygens (including phenoxy) is 1. The van der Waals surface area contributed by atoms with E-state index >= 15 is 0 Å². The third-order valence-corrected chi connectivity index (χ3v) is 1.87. The van der Waals surface area contributed by atoms with E-state index in [1.807, 2.05) is 31.2 Å². The van der Waals surface area contributed by atoms with E-state index in [0.29, 0.717) is 6.04 Å². The molecule has 1 aromatic rings. The predicted molar refractivity (Wildman–Crippen MR) is 64.9 cm³/mol. The molecule has 0 bridgehead atoms. The van der Waals surface area contributed by atoms with Crippen LogP contribution in [-0.2, 0) is 0 Å². The zero-order valence-electron chi connectivity index (χ0n) is 9.74. The van der Waals surface area contributed by atoms with E-state index in [2.05, 4.69) is 24.2 Å². The molecule has 0 saturated heterocycles. The van der Waals surface area contributed by atoms with Crippen LogP contribution in [0.15, 0.2) is 29.3 Å². The maximum absolute atomic E-state index is 5.08. The lowest BCUT2D eigenvalue weighted by molar-refractivity contribution is 0.415. The number of anilines is 1. The molecular formula is C12H18N2O. The number of benzene rings is 1. The minimum Gasteiger partial charge on any atom is -0.497 e. The van der Waals surface area contributed by atoms with Crippen molar-refractivity contribution in [1.82, 2.24) is 0 Å². The fraction of sp³-hybridized carbons (Fsp3) is 0.417. The summed E-state index contributed by atoms with van der Waals surface area (Å²) in [5, 5.41) is 3.22. The topological polar surface area (TPSA) is 33.6 Å². The molecule has 1 N–H and O–H groups in total. The van der Waals surface area contributed by atoms with Gasteiger partial charge in [0.25, 0.3) is 0 Å². The van der Waals surface area contributed by atoms with E-state index in [9.17, 15) is 0 Å². The third kappa shape index (κ3) is 4.02. The van der Waals surface area contributed by atoms with Crippen LogP contribution in [0.3, 0.4) is 0 Å². The molecule has 0 radical (unpaired) electrons. The van der Waals surface area contributed by atoms with Crippen LogP contribution in [0.25, 0.3) is 0 Å². The molecule has 3 nitrogen and oxygen atoms in total. The molecule has 0 aliphatic heterocycles. The van der Waals surface area contributed by atoms with Crippen molar-refractivity contribution < 1.29 is 4.74 Å². The highest BCUT2D eigenvalue weighted by molar-refractivity contribution is 5.93. The Balaban J connectivity index is 2.65. The third-order valence-electron chi connectivity index (χ3n) is 1.87. The van der Waals surface area contributed by atoms with Crippen LogP contribution in [0.2, 0.25) is 0 Å². The largest absolute Gasteiger partial charge is 0.497 e. The zero-order valence-corrected chi connectivity index (χ0v) is 9.74. The van der Waals surface area contributed by atoms with Gasteiger partial charge >= 0.3 is 0 Å². The molecule has 0 saturated carbocycles. The summed E-state index contributed by atoms with van der Waals surface area (Å²) >= 11 is 0. The first kappa shape index (κ1) is 11.6. The second kappa shape index (κ2) is 5.39. The molecule has 0 aliphatic rings. The summed E-state index contributed by atoms with van der Waals surface area (Å²) < 4.78 is 5.08. The van der Waals surface area contributed by atoms with Crippen molar-refractivity contribution in [2.24, 2.45) is 4.99 Å². The summed E-state index contributed by atoms with van der Waals surface area (Å²) in [6.45, 7) is 6.07. The predicted octanol–water partition coefficient (Wildman–Crippen LogP) is 2.93. The van der Waals surface area contributed by atoms with Crippen LogP contribution >= 0.6 is 0 Å². The van der Waals surface area contributed by atoms with E-state index in [1.165, 1.54) is 0 Å². The maximum Gasteiger partial charge on any atom is 0.119 e. The van der Waals surface area contributed by atoms with E-state index < -0.39 is 0 Å². The maximum atomic E-state index is 5.08. The number of aliphatic imine (C=N–C) groups is 1. The number of nitrogens with zero attached hydrogens (tertiary/aromatic N) is 1. The van der Waals surface area contributed by atoms with E-state index in [4.69, 9.17) is 4.74 Å². The fourth-order valence-electron chi connectivity index (χ4n) is 1.30. The number of nitrogens with one attached hydrogen (secondary N) is 1. The average molecular weight is 206 g/mol. The Bertz CT molecular complexity index is 328. The van der Waals surface area contributed by atoms with Crippen molar-refractivity contribution in [3.8, 4) is 5.75 Å². The Labute approximate surface area is 91.2 Å². The first-order chi connectivity index (χ1) is 7.11. The first-order valence-corrected chi connectivity index (χ1v) is 5.07. The highest BCUT2D eigenvalue weighted by Gasteiger charge is 1.96. The minimum absolute atomic E-state index is 0.316. The van der Waals surface area contributed by atoms with Crippen LogP contribution in [0.5, 0.6) is 5.75 Å². The average Bonchev–Trinajstić information content (AvgIpc) is 2.17. The molecule has 0 unspecified atom stereocenters. The van der Waals surface area contributed by atoms with Gasteiger partial charge in [-0.2, -0.15) is 0 Å². The molecule has 0 aliphatic carbocycles. The molecule has 0 amide bonds. The van der Waals surface area contributed by atoms with Crippen molar-refractivity contribution in [3.05, 3.63) is 24.3 Å². The van der Waals surface area contributed by atoms with Crippen molar-refractivity contribution in [2.45, 2.75) is 26.8 Å². The summed E-state index contributed by atoms with van der Waals surface area (Å²) in [5.74, 6) is 1.79. The number of rotatable bonds is 3. The molecule has 0 atom stereocenters. The van der Waals surface area contributed by atoms with Crippen molar-refractivity contribution in [2.75, 3.05) is 12.4 Å². The molecular weight excluding hydrogens is 188 g/mol. The van der Waals surface area contributed by atoms with E-state index in [1.54, 1.807) is 7.11 Å². The standard InChI is InChI=1S/C12H18N2O/c1-9(2)13-10(3)14-11-5-7-12(15-4)8-6-11/h5-9H,1-4H3,(H,13,14). The molecule has 82 valence electrons. The lowest BCUT2D eigenvalue weighted by atomic mass is 10.3. The Morgan fingerprint density at radius 2 is 1.87 bits per heavy atom. The van der Waals surface area contributed by atoms with Crippen molar-refractivity contribution >= 4 is 11.5 Å². The molecule has 1 rings (SSSR count). The van der Waals surface area contributed by atoms with Crippen LogP contribution in [0.1, 0.15) is 20.8 Å². The second-order valence-electron chi connectivity index (χ2n) is 3.66. The van der Waals surface area contributed by atoms with E-state index in [0.717, 1.165) is 17.3 Å². The number of hydrogen-bond acceptors (Lipinski definition) is 2. The van der Waals surface area contributed by atoms with Gasteiger partial charge in [-0.15, -0.1) is 0 Å². The second-order valence-corrected chi connectivity index (χ2v) is 3.66. The van der Waals surface area contributed by atoms with Crippen LogP contribution in [-0.4, -0.2) is 19.0 Å². The van der Waals surface area contributed by atoms with Gasteiger partial charge in [0, 0.05) is 11.7 Å². The number of hydrogen-bond donors (Lipinski definition) is 1. The normalized spacial score (nSPS) is 11.7. The first-order valence-electron chi connectivity index (χ1n) is 5.07. The van der Waals surface area contributed by atoms with Crippen LogP contribution in [0.4, 0.5) is 5.69 Å². The molecule has 0 heterocycles. The summed E-state index contributed by atoms with van der Waals surface area (Å²) in [6.07, 6.45) is 0. The van der Waals surface area contributed by atoms with Crippen molar-refractivity contribution in [1.29, 1.82) is 0 Å². The molecule has 3 heteroatoms. The summed E-state index contributed by atoms with van der Waals surface area (Å²) in [6, 6.07) is 8.10.